The van der Waals surface area contributed by atoms with E-state index < -0.39 is 0 Å². The molecule has 9 heteroatoms. The Morgan fingerprint density at radius 1 is 1.18 bits per heavy atom. The first kappa shape index (κ1) is 23.4. The standard InChI is InChI=1S/C24H25BIN5O2/c1-33-22-10-5-2-7-17(22)15-30(16-26)12-6-11-27-23-13-20(18-8-3-4-9-21(18)32)29-24-19(25)14-28-31(23)24/h2-5,7-10,13-14,27,32H,6,11-12,15-16H2,1H3. The summed E-state index contributed by atoms with van der Waals surface area (Å²) in [6.45, 7) is 2.51. The van der Waals surface area contributed by atoms with Crippen molar-refractivity contribution in [3.63, 3.8) is 0 Å². The van der Waals surface area contributed by atoms with Crippen LogP contribution in [0.15, 0.2) is 60.8 Å². The Morgan fingerprint density at radius 2 is 1.97 bits per heavy atom. The zero-order valence-corrected chi connectivity index (χ0v) is 20.6. The monoisotopic (exact) mass is 553 g/mol. The molecule has 0 amide bonds. The van der Waals surface area contributed by atoms with Gasteiger partial charge in [0.2, 0.25) is 0 Å². The molecule has 4 rings (SSSR count). The van der Waals surface area contributed by atoms with Gasteiger partial charge in [-0.05, 0) is 30.1 Å². The lowest BCUT2D eigenvalue weighted by Gasteiger charge is -2.21. The van der Waals surface area contributed by atoms with Gasteiger partial charge < -0.3 is 15.2 Å². The number of nitrogens with zero attached hydrogens (tertiary/aromatic N) is 4. The average molecular weight is 553 g/mol. The molecule has 0 bridgehead atoms. The number of alkyl halides is 1. The highest BCUT2D eigenvalue weighted by atomic mass is 127. The molecule has 2 N–H and O–H groups in total. The second kappa shape index (κ2) is 10.9. The van der Waals surface area contributed by atoms with Crippen LogP contribution in [0, 0.1) is 0 Å². The summed E-state index contributed by atoms with van der Waals surface area (Å²) >= 11 is 2.40. The Balaban J connectivity index is 1.45. The van der Waals surface area contributed by atoms with Gasteiger partial charge in [-0.1, -0.05) is 52.9 Å². The van der Waals surface area contributed by atoms with Gasteiger partial charge in [-0.3, -0.25) is 4.90 Å². The van der Waals surface area contributed by atoms with Gasteiger partial charge in [-0.2, -0.15) is 9.61 Å². The molecule has 0 aliphatic heterocycles. The fourth-order valence-electron chi connectivity index (χ4n) is 3.71. The topological polar surface area (TPSA) is 74.9 Å². The molecular weight excluding hydrogens is 528 g/mol. The Labute approximate surface area is 208 Å². The number of rotatable bonds is 10. The van der Waals surface area contributed by atoms with Crippen LogP contribution >= 0.6 is 22.6 Å². The Morgan fingerprint density at radius 3 is 2.76 bits per heavy atom. The lowest BCUT2D eigenvalue weighted by atomic mass is 10.0. The summed E-state index contributed by atoms with van der Waals surface area (Å²) in [5.74, 6) is 1.87. The van der Waals surface area contributed by atoms with Crippen LogP contribution < -0.4 is 15.5 Å². The van der Waals surface area contributed by atoms with Crippen molar-refractivity contribution in [3.05, 3.63) is 66.4 Å². The van der Waals surface area contributed by atoms with Crippen LogP contribution in [-0.2, 0) is 6.54 Å². The van der Waals surface area contributed by atoms with Crippen molar-refractivity contribution in [2.45, 2.75) is 13.0 Å². The normalized spacial score (nSPS) is 11.2. The summed E-state index contributed by atoms with van der Waals surface area (Å²) in [6.07, 6.45) is 2.53. The van der Waals surface area contributed by atoms with Crippen molar-refractivity contribution in [2.24, 2.45) is 0 Å². The van der Waals surface area contributed by atoms with Gasteiger partial charge in [0.15, 0.2) is 5.65 Å². The SMILES string of the molecule is [B]c1cnn2c(NCCCN(CI)Cc3ccccc3OC)cc(-c3ccccc3O)nc12. The van der Waals surface area contributed by atoms with Crippen LogP contribution in [0.4, 0.5) is 5.82 Å². The molecule has 0 fully saturated rings. The second-order valence-corrected chi connectivity index (χ2v) is 8.33. The van der Waals surface area contributed by atoms with Gasteiger partial charge in [-0.25, -0.2) is 4.98 Å². The van der Waals surface area contributed by atoms with E-state index >= 15 is 0 Å². The van der Waals surface area contributed by atoms with E-state index in [1.807, 2.05) is 36.4 Å². The minimum absolute atomic E-state index is 0.174. The molecule has 2 radical (unpaired) electrons. The number of phenols is 1. The zero-order chi connectivity index (χ0) is 23.2. The maximum Gasteiger partial charge on any atom is 0.150 e. The van der Waals surface area contributed by atoms with Crippen LogP contribution in [0.2, 0.25) is 0 Å². The van der Waals surface area contributed by atoms with Crippen LogP contribution in [0.1, 0.15) is 12.0 Å². The first-order chi connectivity index (χ1) is 16.1. The van der Waals surface area contributed by atoms with Crippen molar-refractivity contribution in [1.29, 1.82) is 0 Å². The third-order valence-electron chi connectivity index (χ3n) is 5.39. The molecule has 2 heterocycles. The molecule has 0 aliphatic carbocycles. The number of aromatic nitrogens is 3. The van der Waals surface area contributed by atoms with Crippen molar-refractivity contribution in [3.8, 4) is 22.8 Å². The summed E-state index contributed by atoms with van der Waals surface area (Å²) in [5.41, 5.74) is 3.52. The van der Waals surface area contributed by atoms with Gasteiger partial charge in [0.25, 0.3) is 0 Å². The molecular formula is C24H25BIN5O2. The van der Waals surface area contributed by atoms with E-state index in [9.17, 15) is 5.11 Å². The molecule has 2 aromatic carbocycles. The highest BCUT2D eigenvalue weighted by Crippen LogP contribution is 2.29. The van der Waals surface area contributed by atoms with Crippen LogP contribution in [0.25, 0.3) is 16.9 Å². The maximum atomic E-state index is 10.3. The number of aromatic hydroxyl groups is 1. The summed E-state index contributed by atoms with van der Waals surface area (Å²) in [6, 6.07) is 17.1. The fraction of sp³-hybridized carbons (Fsp3) is 0.250. The number of fused-ring (bicyclic) bond motifs is 1. The van der Waals surface area contributed by atoms with Gasteiger partial charge in [0.1, 0.15) is 25.2 Å². The zero-order valence-electron chi connectivity index (χ0n) is 18.4. The van der Waals surface area contributed by atoms with Gasteiger partial charge in [0, 0.05) is 43.0 Å². The molecule has 0 saturated heterocycles. The quantitative estimate of drug-likeness (QED) is 0.103. The lowest BCUT2D eigenvalue weighted by molar-refractivity contribution is 0.310. The molecule has 0 spiro atoms. The maximum absolute atomic E-state index is 10.3. The highest BCUT2D eigenvalue weighted by molar-refractivity contribution is 14.1. The van der Waals surface area contributed by atoms with Gasteiger partial charge in [-0.15, -0.1) is 0 Å². The van der Waals surface area contributed by atoms with E-state index in [4.69, 9.17) is 12.6 Å². The van der Waals surface area contributed by atoms with E-state index in [0.717, 1.165) is 42.2 Å². The van der Waals surface area contributed by atoms with Crippen molar-refractivity contribution >= 4 is 47.4 Å². The lowest BCUT2D eigenvalue weighted by Crippen LogP contribution is -2.24. The molecule has 0 atom stereocenters. The number of anilines is 1. The van der Waals surface area contributed by atoms with Crippen molar-refractivity contribution < 1.29 is 9.84 Å². The smallest absolute Gasteiger partial charge is 0.150 e. The number of para-hydroxylation sites is 2. The van der Waals surface area contributed by atoms with E-state index in [0.29, 0.717) is 22.4 Å². The number of hydrogen-bond donors (Lipinski definition) is 2. The second-order valence-electron chi connectivity index (χ2n) is 7.64. The largest absolute Gasteiger partial charge is 0.507 e. The van der Waals surface area contributed by atoms with E-state index in [-0.39, 0.29) is 5.75 Å². The third kappa shape index (κ3) is 5.41. The summed E-state index contributed by atoms with van der Waals surface area (Å²) in [5, 5.41) is 18.1. The summed E-state index contributed by atoms with van der Waals surface area (Å²) in [7, 11) is 7.79. The van der Waals surface area contributed by atoms with Gasteiger partial charge >= 0.3 is 0 Å². The third-order valence-corrected chi connectivity index (χ3v) is 6.36. The Hall–Kier alpha value is -2.79. The number of nitrogens with one attached hydrogen (secondary N) is 1. The number of phenolic OH excluding ortho intramolecular Hbond substituents is 1. The average Bonchev–Trinajstić information content (AvgIpc) is 3.22. The van der Waals surface area contributed by atoms with Gasteiger partial charge in [0.05, 0.1) is 17.4 Å². The summed E-state index contributed by atoms with van der Waals surface area (Å²) in [4.78, 5) is 6.99. The Kier molecular flexibility index (Phi) is 7.71. The van der Waals surface area contributed by atoms with Crippen LogP contribution in [0.3, 0.4) is 0 Å². The summed E-state index contributed by atoms with van der Waals surface area (Å²) < 4.78 is 8.11. The Bertz CT molecular complexity index is 1230. The highest BCUT2D eigenvalue weighted by Gasteiger charge is 2.13. The number of hydrogen-bond acceptors (Lipinski definition) is 6. The van der Waals surface area contributed by atoms with E-state index in [1.54, 1.807) is 30.0 Å². The first-order valence-electron chi connectivity index (χ1n) is 10.7. The molecule has 4 aromatic rings. The number of ether oxygens (including phenoxy) is 1. The minimum atomic E-state index is 0.174. The predicted octanol–water partition coefficient (Wildman–Crippen LogP) is 3.60. The molecule has 33 heavy (non-hydrogen) atoms. The van der Waals surface area contributed by atoms with E-state index in [1.165, 1.54) is 5.56 Å². The van der Waals surface area contributed by atoms with Crippen LogP contribution in [-0.4, -0.2) is 57.2 Å². The molecule has 0 unspecified atom stereocenters. The molecule has 0 aliphatic rings. The molecule has 2 aromatic heterocycles. The van der Waals surface area contributed by atoms with E-state index in [2.05, 4.69) is 49.0 Å². The molecule has 168 valence electrons. The van der Waals surface area contributed by atoms with Crippen molar-refractivity contribution in [1.82, 2.24) is 19.5 Å². The molecule has 0 saturated carbocycles. The number of methoxy groups -OCH3 is 1. The fourth-order valence-corrected chi connectivity index (χ4v) is 4.29. The number of halogens is 1. The minimum Gasteiger partial charge on any atom is -0.507 e. The molecule has 7 nitrogen and oxygen atoms in total. The van der Waals surface area contributed by atoms with Crippen LogP contribution in [0.5, 0.6) is 11.5 Å². The van der Waals surface area contributed by atoms with Crippen molar-refractivity contribution in [2.75, 3.05) is 30.1 Å². The number of benzene rings is 2. The predicted molar refractivity (Wildman–Crippen MR) is 141 cm³/mol. The first-order valence-corrected chi connectivity index (χ1v) is 12.2.